The number of hydrogen-bond donors (Lipinski definition) is 1. The number of halogens is 1. The van der Waals surface area contributed by atoms with Crippen LogP contribution in [0.3, 0.4) is 0 Å². The minimum absolute atomic E-state index is 0.426. The third kappa shape index (κ3) is 4.09. The van der Waals surface area contributed by atoms with Crippen LogP contribution in [0.1, 0.15) is 22.3 Å². The predicted molar refractivity (Wildman–Crippen MR) is 87.6 cm³/mol. The van der Waals surface area contributed by atoms with Crippen LogP contribution >= 0.6 is 11.6 Å². The van der Waals surface area contributed by atoms with E-state index in [4.69, 9.17) is 11.6 Å². The van der Waals surface area contributed by atoms with Crippen LogP contribution in [0, 0.1) is 13.8 Å². The van der Waals surface area contributed by atoms with Gasteiger partial charge in [0.15, 0.2) is 0 Å². The third-order valence-electron chi connectivity index (χ3n) is 3.83. The van der Waals surface area contributed by atoms with Crippen LogP contribution in [-0.2, 0) is 12.8 Å². The monoisotopic (exact) mass is 287 g/mol. The Morgan fingerprint density at radius 3 is 2.25 bits per heavy atom. The zero-order chi connectivity index (χ0) is 14.5. The lowest BCUT2D eigenvalue weighted by molar-refractivity contribution is 0.556. The molecule has 2 heteroatoms. The van der Waals surface area contributed by atoms with Crippen molar-refractivity contribution in [3.63, 3.8) is 0 Å². The fourth-order valence-electron chi connectivity index (χ4n) is 2.44. The molecule has 20 heavy (non-hydrogen) atoms. The number of aryl methyl sites for hydroxylation is 2. The Kier molecular flexibility index (Phi) is 5.22. The molecule has 1 nitrogen and oxygen atoms in total. The topological polar surface area (TPSA) is 12.0 Å². The van der Waals surface area contributed by atoms with E-state index in [0.717, 1.165) is 17.9 Å². The molecule has 2 aromatic carbocycles. The first kappa shape index (κ1) is 15.1. The third-order valence-corrected chi connectivity index (χ3v) is 4.07. The summed E-state index contributed by atoms with van der Waals surface area (Å²) in [6, 6.07) is 15.3. The molecule has 1 unspecified atom stereocenters. The molecule has 0 heterocycles. The fraction of sp³-hybridized carbons (Fsp3) is 0.333. The normalized spacial score (nSPS) is 12.4. The van der Waals surface area contributed by atoms with E-state index in [1.807, 2.05) is 25.2 Å². The SMILES string of the molecule is CNC(Cc1cccc(Cl)c1)Cc1ccc(C)c(C)c1. The summed E-state index contributed by atoms with van der Waals surface area (Å²) in [6.07, 6.45) is 2.02. The lowest BCUT2D eigenvalue weighted by atomic mass is 9.97. The summed E-state index contributed by atoms with van der Waals surface area (Å²) >= 11 is 6.05. The van der Waals surface area contributed by atoms with Crippen LogP contribution in [0.2, 0.25) is 5.02 Å². The minimum atomic E-state index is 0.426. The molecule has 0 aliphatic rings. The second kappa shape index (κ2) is 6.92. The Morgan fingerprint density at radius 1 is 0.950 bits per heavy atom. The summed E-state index contributed by atoms with van der Waals surface area (Å²) in [5.74, 6) is 0. The van der Waals surface area contributed by atoms with Gasteiger partial charge < -0.3 is 5.32 Å². The summed E-state index contributed by atoms with van der Waals surface area (Å²) in [7, 11) is 2.02. The highest BCUT2D eigenvalue weighted by Crippen LogP contribution is 2.16. The molecule has 2 rings (SSSR count). The van der Waals surface area contributed by atoms with E-state index in [-0.39, 0.29) is 0 Å². The van der Waals surface area contributed by atoms with Crippen molar-refractivity contribution in [2.24, 2.45) is 0 Å². The number of hydrogen-bond acceptors (Lipinski definition) is 1. The van der Waals surface area contributed by atoms with Crippen molar-refractivity contribution in [1.82, 2.24) is 5.32 Å². The van der Waals surface area contributed by atoms with Gasteiger partial charge in [-0.25, -0.2) is 0 Å². The maximum absolute atomic E-state index is 6.05. The summed E-state index contributed by atoms with van der Waals surface area (Å²) in [4.78, 5) is 0. The molecule has 0 aliphatic heterocycles. The van der Waals surface area contributed by atoms with Crippen LogP contribution in [0.4, 0.5) is 0 Å². The van der Waals surface area contributed by atoms with Gasteiger partial charge in [0, 0.05) is 11.1 Å². The molecular formula is C18H22ClN. The molecule has 0 radical (unpaired) electrons. The molecule has 2 aromatic rings. The summed E-state index contributed by atoms with van der Waals surface area (Å²) in [6.45, 7) is 4.32. The van der Waals surface area contributed by atoms with Gasteiger partial charge in [0.2, 0.25) is 0 Å². The highest BCUT2D eigenvalue weighted by atomic mass is 35.5. The van der Waals surface area contributed by atoms with E-state index in [0.29, 0.717) is 6.04 Å². The zero-order valence-corrected chi connectivity index (χ0v) is 13.2. The van der Waals surface area contributed by atoms with Gasteiger partial charge in [-0.1, -0.05) is 41.9 Å². The largest absolute Gasteiger partial charge is 0.316 e. The van der Waals surface area contributed by atoms with Gasteiger partial charge in [0.1, 0.15) is 0 Å². The second-order valence-electron chi connectivity index (χ2n) is 5.44. The lowest BCUT2D eigenvalue weighted by Crippen LogP contribution is -2.29. The van der Waals surface area contributed by atoms with E-state index in [1.54, 1.807) is 0 Å². The van der Waals surface area contributed by atoms with Crippen molar-refractivity contribution < 1.29 is 0 Å². The predicted octanol–water partition coefficient (Wildman–Crippen LogP) is 4.33. The van der Waals surface area contributed by atoms with Gasteiger partial charge in [0.05, 0.1) is 0 Å². The molecule has 0 spiro atoms. The second-order valence-corrected chi connectivity index (χ2v) is 5.88. The number of benzene rings is 2. The Hall–Kier alpha value is -1.31. The van der Waals surface area contributed by atoms with E-state index < -0.39 is 0 Å². The van der Waals surface area contributed by atoms with Crippen molar-refractivity contribution in [2.75, 3.05) is 7.05 Å². The van der Waals surface area contributed by atoms with Gasteiger partial charge in [-0.15, -0.1) is 0 Å². The van der Waals surface area contributed by atoms with Crippen molar-refractivity contribution in [3.05, 3.63) is 69.7 Å². The Morgan fingerprint density at radius 2 is 1.65 bits per heavy atom. The summed E-state index contributed by atoms with van der Waals surface area (Å²) < 4.78 is 0. The number of likely N-dealkylation sites (N-methyl/N-ethyl adjacent to an activating group) is 1. The fourth-order valence-corrected chi connectivity index (χ4v) is 2.65. The quantitative estimate of drug-likeness (QED) is 0.863. The number of rotatable bonds is 5. The zero-order valence-electron chi connectivity index (χ0n) is 12.4. The average Bonchev–Trinajstić information content (AvgIpc) is 2.42. The lowest BCUT2D eigenvalue weighted by Gasteiger charge is -2.17. The van der Waals surface area contributed by atoms with Crippen molar-refractivity contribution >= 4 is 11.6 Å². The average molecular weight is 288 g/mol. The summed E-state index contributed by atoms with van der Waals surface area (Å²) in [5, 5.41) is 4.22. The van der Waals surface area contributed by atoms with Gasteiger partial charge in [0.25, 0.3) is 0 Å². The molecular weight excluding hydrogens is 266 g/mol. The smallest absolute Gasteiger partial charge is 0.0408 e. The Labute approximate surface area is 127 Å². The molecule has 0 saturated heterocycles. The van der Waals surface area contributed by atoms with Crippen molar-refractivity contribution in [3.8, 4) is 0 Å². The van der Waals surface area contributed by atoms with Crippen LogP contribution in [0.15, 0.2) is 42.5 Å². The van der Waals surface area contributed by atoms with Gasteiger partial charge in [-0.2, -0.15) is 0 Å². The molecule has 0 aromatic heterocycles. The molecule has 1 N–H and O–H groups in total. The molecule has 0 saturated carbocycles. The van der Waals surface area contributed by atoms with Gasteiger partial charge >= 0.3 is 0 Å². The maximum atomic E-state index is 6.05. The molecule has 0 bridgehead atoms. The highest BCUT2D eigenvalue weighted by molar-refractivity contribution is 6.30. The minimum Gasteiger partial charge on any atom is -0.316 e. The number of nitrogens with one attached hydrogen (secondary N) is 1. The maximum Gasteiger partial charge on any atom is 0.0408 e. The Balaban J connectivity index is 2.07. The molecule has 0 aliphatic carbocycles. The van der Waals surface area contributed by atoms with E-state index in [9.17, 15) is 0 Å². The Bertz CT molecular complexity index is 577. The first-order valence-corrected chi connectivity index (χ1v) is 7.44. The molecule has 0 fully saturated rings. The van der Waals surface area contributed by atoms with Crippen molar-refractivity contribution in [2.45, 2.75) is 32.7 Å². The van der Waals surface area contributed by atoms with E-state index in [2.05, 4.69) is 43.4 Å². The molecule has 0 amide bonds. The van der Waals surface area contributed by atoms with E-state index >= 15 is 0 Å². The van der Waals surface area contributed by atoms with Crippen LogP contribution in [0.5, 0.6) is 0 Å². The standard InChI is InChI=1S/C18H22ClN/c1-13-7-8-16(9-14(13)2)12-18(20-3)11-15-5-4-6-17(19)10-15/h4-10,18,20H,11-12H2,1-3H3. The highest BCUT2D eigenvalue weighted by Gasteiger charge is 2.09. The van der Waals surface area contributed by atoms with Gasteiger partial charge in [-0.05, 0) is 68.1 Å². The first-order chi connectivity index (χ1) is 9.58. The molecule has 106 valence electrons. The van der Waals surface area contributed by atoms with Gasteiger partial charge in [-0.3, -0.25) is 0 Å². The van der Waals surface area contributed by atoms with Crippen LogP contribution in [0.25, 0.3) is 0 Å². The van der Waals surface area contributed by atoms with Crippen LogP contribution < -0.4 is 5.32 Å². The molecule has 1 atom stereocenters. The first-order valence-electron chi connectivity index (χ1n) is 7.06. The summed E-state index contributed by atoms with van der Waals surface area (Å²) in [5.41, 5.74) is 5.37. The van der Waals surface area contributed by atoms with Crippen molar-refractivity contribution in [1.29, 1.82) is 0 Å². The van der Waals surface area contributed by atoms with E-state index in [1.165, 1.54) is 22.3 Å². The van der Waals surface area contributed by atoms with Crippen LogP contribution in [-0.4, -0.2) is 13.1 Å².